The molecule has 5 heteroatoms. The van der Waals surface area contributed by atoms with Crippen molar-refractivity contribution in [2.24, 2.45) is 0 Å². The minimum Gasteiger partial charge on any atom is -0.450 e. The van der Waals surface area contributed by atoms with Gasteiger partial charge in [0.05, 0.1) is 6.61 Å². The van der Waals surface area contributed by atoms with Crippen molar-refractivity contribution in [3.8, 4) is 0 Å². The zero-order chi connectivity index (χ0) is 12.9. The number of carbonyl (C=O) groups excluding carboxylic acids is 1. The molecule has 102 valence electrons. The molecule has 0 heterocycles. The lowest BCUT2D eigenvalue weighted by molar-refractivity contribution is 0.146. The van der Waals surface area contributed by atoms with Gasteiger partial charge in [-0.1, -0.05) is 6.92 Å². The van der Waals surface area contributed by atoms with Crippen molar-refractivity contribution in [3.63, 3.8) is 0 Å². The molecule has 0 unspecified atom stereocenters. The quantitative estimate of drug-likeness (QED) is 0.565. The monoisotopic (exact) mass is 245 g/mol. The second kappa shape index (κ2) is 11.7. The Morgan fingerprint density at radius 2 is 1.88 bits per heavy atom. The van der Waals surface area contributed by atoms with Crippen LogP contribution in [0.1, 0.15) is 26.2 Å². The van der Waals surface area contributed by atoms with Crippen molar-refractivity contribution < 1.29 is 9.53 Å². The van der Waals surface area contributed by atoms with Gasteiger partial charge in [0, 0.05) is 6.54 Å². The van der Waals surface area contributed by atoms with Gasteiger partial charge in [-0.05, 0) is 53.0 Å². The summed E-state index contributed by atoms with van der Waals surface area (Å²) >= 11 is 0. The zero-order valence-corrected chi connectivity index (χ0v) is 11.4. The fourth-order valence-corrected chi connectivity index (χ4v) is 1.42. The molecule has 0 aliphatic carbocycles. The lowest BCUT2D eigenvalue weighted by Crippen LogP contribution is -2.29. The van der Waals surface area contributed by atoms with Crippen molar-refractivity contribution in [3.05, 3.63) is 0 Å². The standard InChI is InChI=1S/C12H27N3O2/c1-4-11-17-12(16)14-8-6-10-15(3)9-5-7-13-2/h13H,4-11H2,1-3H3,(H,14,16). The molecule has 0 aromatic heterocycles. The van der Waals surface area contributed by atoms with Gasteiger partial charge in [-0.3, -0.25) is 0 Å². The molecule has 0 aromatic carbocycles. The van der Waals surface area contributed by atoms with Crippen LogP contribution in [-0.4, -0.2) is 57.9 Å². The highest BCUT2D eigenvalue weighted by Gasteiger charge is 2.01. The van der Waals surface area contributed by atoms with Gasteiger partial charge in [0.2, 0.25) is 0 Å². The lowest BCUT2D eigenvalue weighted by Gasteiger charge is -2.16. The Hall–Kier alpha value is -0.810. The van der Waals surface area contributed by atoms with Gasteiger partial charge in [-0.15, -0.1) is 0 Å². The van der Waals surface area contributed by atoms with E-state index in [9.17, 15) is 4.79 Å². The fourth-order valence-electron chi connectivity index (χ4n) is 1.42. The predicted molar refractivity (Wildman–Crippen MR) is 70.3 cm³/mol. The highest BCUT2D eigenvalue weighted by molar-refractivity contribution is 5.66. The van der Waals surface area contributed by atoms with E-state index < -0.39 is 0 Å². The first kappa shape index (κ1) is 16.2. The van der Waals surface area contributed by atoms with E-state index in [1.54, 1.807) is 0 Å². The van der Waals surface area contributed by atoms with E-state index in [-0.39, 0.29) is 6.09 Å². The number of hydrogen-bond donors (Lipinski definition) is 2. The Kier molecular flexibility index (Phi) is 11.1. The maximum Gasteiger partial charge on any atom is 0.407 e. The summed E-state index contributed by atoms with van der Waals surface area (Å²) in [5.41, 5.74) is 0. The van der Waals surface area contributed by atoms with Crippen LogP contribution in [0.25, 0.3) is 0 Å². The highest BCUT2D eigenvalue weighted by Crippen LogP contribution is 1.89. The summed E-state index contributed by atoms with van der Waals surface area (Å²) in [4.78, 5) is 13.4. The third kappa shape index (κ3) is 11.5. The summed E-state index contributed by atoms with van der Waals surface area (Å²) in [6, 6.07) is 0. The van der Waals surface area contributed by atoms with Crippen molar-refractivity contribution in [1.29, 1.82) is 0 Å². The van der Waals surface area contributed by atoms with Crippen LogP contribution in [0, 0.1) is 0 Å². The van der Waals surface area contributed by atoms with Crippen LogP contribution in [0.5, 0.6) is 0 Å². The normalized spacial score (nSPS) is 10.6. The van der Waals surface area contributed by atoms with Crippen molar-refractivity contribution in [2.75, 3.05) is 46.9 Å². The fraction of sp³-hybridized carbons (Fsp3) is 0.917. The Morgan fingerprint density at radius 3 is 2.47 bits per heavy atom. The second-order valence-electron chi connectivity index (χ2n) is 4.18. The number of hydrogen-bond acceptors (Lipinski definition) is 4. The van der Waals surface area contributed by atoms with Crippen molar-refractivity contribution in [1.82, 2.24) is 15.5 Å². The molecule has 0 rings (SSSR count). The predicted octanol–water partition coefficient (Wildman–Crippen LogP) is 1.05. The van der Waals surface area contributed by atoms with Gasteiger partial charge in [0.1, 0.15) is 0 Å². The summed E-state index contributed by atoms with van der Waals surface area (Å²) in [7, 11) is 4.07. The summed E-state index contributed by atoms with van der Waals surface area (Å²) in [6.07, 6.45) is 2.67. The average molecular weight is 245 g/mol. The van der Waals surface area contributed by atoms with E-state index in [0.29, 0.717) is 13.2 Å². The lowest BCUT2D eigenvalue weighted by atomic mass is 10.3. The summed E-state index contributed by atoms with van der Waals surface area (Å²) in [5.74, 6) is 0. The average Bonchev–Trinajstić information content (AvgIpc) is 2.32. The largest absolute Gasteiger partial charge is 0.450 e. The molecule has 0 saturated carbocycles. The van der Waals surface area contributed by atoms with Crippen LogP contribution in [0.2, 0.25) is 0 Å². The van der Waals surface area contributed by atoms with Crippen molar-refractivity contribution in [2.45, 2.75) is 26.2 Å². The SMILES string of the molecule is CCCOC(=O)NCCCN(C)CCCNC. The summed E-state index contributed by atoms with van der Waals surface area (Å²) < 4.78 is 4.91. The molecule has 17 heavy (non-hydrogen) atoms. The van der Waals surface area contributed by atoms with Crippen LogP contribution in [0.15, 0.2) is 0 Å². The van der Waals surface area contributed by atoms with Crippen molar-refractivity contribution >= 4 is 6.09 Å². The number of nitrogens with one attached hydrogen (secondary N) is 2. The van der Waals surface area contributed by atoms with E-state index in [4.69, 9.17) is 4.74 Å². The van der Waals surface area contributed by atoms with Crippen LogP contribution in [-0.2, 0) is 4.74 Å². The number of rotatable bonds is 10. The molecule has 0 bridgehead atoms. The molecule has 0 saturated heterocycles. The minimum absolute atomic E-state index is 0.301. The topological polar surface area (TPSA) is 53.6 Å². The van der Waals surface area contributed by atoms with E-state index in [1.165, 1.54) is 0 Å². The summed E-state index contributed by atoms with van der Waals surface area (Å²) in [6.45, 7) is 6.28. The maximum absolute atomic E-state index is 11.1. The number of nitrogens with zero attached hydrogens (tertiary/aromatic N) is 1. The Labute approximate surface area is 105 Å². The van der Waals surface area contributed by atoms with Crippen LogP contribution in [0.4, 0.5) is 4.79 Å². The minimum atomic E-state index is -0.301. The molecular weight excluding hydrogens is 218 g/mol. The molecule has 5 nitrogen and oxygen atoms in total. The molecular formula is C12H27N3O2. The third-order valence-electron chi connectivity index (χ3n) is 2.39. The Morgan fingerprint density at radius 1 is 1.24 bits per heavy atom. The molecule has 0 aliphatic heterocycles. The number of alkyl carbamates (subject to hydrolysis) is 1. The molecule has 1 amide bonds. The van der Waals surface area contributed by atoms with E-state index in [1.807, 2.05) is 14.0 Å². The molecule has 0 aliphatic rings. The Bertz CT molecular complexity index is 189. The van der Waals surface area contributed by atoms with Gasteiger partial charge in [0.15, 0.2) is 0 Å². The molecule has 0 aromatic rings. The number of amides is 1. The molecule has 0 radical (unpaired) electrons. The molecule has 2 N–H and O–H groups in total. The van der Waals surface area contributed by atoms with Gasteiger partial charge >= 0.3 is 6.09 Å². The zero-order valence-electron chi connectivity index (χ0n) is 11.4. The molecule has 0 fully saturated rings. The van der Waals surface area contributed by atoms with E-state index in [2.05, 4.69) is 22.6 Å². The second-order valence-corrected chi connectivity index (χ2v) is 4.18. The molecule has 0 spiro atoms. The van der Waals surface area contributed by atoms with Gasteiger partial charge in [-0.25, -0.2) is 4.79 Å². The highest BCUT2D eigenvalue weighted by atomic mass is 16.5. The first-order chi connectivity index (χ1) is 8.20. The maximum atomic E-state index is 11.1. The first-order valence-corrected chi connectivity index (χ1v) is 6.44. The molecule has 0 atom stereocenters. The Balaban J connectivity index is 3.28. The summed E-state index contributed by atoms with van der Waals surface area (Å²) in [5, 5.41) is 5.86. The van der Waals surface area contributed by atoms with Crippen LogP contribution < -0.4 is 10.6 Å². The van der Waals surface area contributed by atoms with Gasteiger partial charge in [0.25, 0.3) is 0 Å². The first-order valence-electron chi connectivity index (χ1n) is 6.44. The number of carbonyl (C=O) groups is 1. The number of ether oxygens (including phenoxy) is 1. The van der Waals surface area contributed by atoms with E-state index >= 15 is 0 Å². The smallest absolute Gasteiger partial charge is 0.407 e. The van der Waals surface area contributed by atoms with Crippen LogP contribution >= 0.6 is 0 Å². The van der Waals surface area contributed by atoms with E-state index in [0.717, 1.165) is 38.9 Å². The van der Waals surface area contributed by atoms with Crippen LogP contribution in [0.3, 0.4) is 0 Å². The third-order valence-corrected chi connectivity index (χ3v) is 2.39. The van der Waals surface area contributed by atoms with Gasteiger partial charge in [-0.2, -0.15) is 0 Å². The van der Waals surface area contributed by atoms with Gasteiger partial charge < -0.3 is 20.3 Å².